The van der Waals surface area contributed by atoms with Crippen molar-refractivity contribution in [3.63, 3.8) is 0 Å². The van der Waals surface area contributed by atoms with Gasteiger partial charge < -0.3 is 11.5 Å². The Balaban J connectivity index is 3.50. The van der Waals surface area contributed by atoms with Crippen molar-refractivity contribution in [2.24, 2.45) is 17.4 Å². The largest absolute Gasteiger partial charge is 0.328 e. The third kappa shape index (κ3) is 3.85. The Labute approximate surface area is 64.0 Å². The molecule has 0 spiro atoms. The van der Waals surface area contributed by atoms with E-state index in [1.807, 2.05) is 6.92 Å². The molecule has 2 heteroatoms. The fourth-order valence-corrected chi connectivity index (χ4v) is 1.16. The van der Waals surface area contributed by atoms with E-state index in [0.29, 0.717) is 12.0 Å². The molecular formula is C8H20N2. The molecule has 0 bridgehead atoms. The average molecular weight is 144 g/mol. The summed E-state index contributed by atoms with van der Waals surface area (Å²) in [6, 6.07) is 0.610. The minimum absolute atomic E-state index is 0.285. The Morgan fingerprint density at radius 3 is 2.00 bits per heavy atom. The Morgan fingerprint density at radius 2 is 1.70 bits per heavy atom. The number of nitrogens with two attached hydrogens (primary N) is 2. The first-order chi connectivity index (χ1) is 4.57. The van der Waals surface area contributed by atoms with Crippen LogP contribution in [0.5, 0.6) is 0 Å². The van der Waals surface area contributed by atoms with Gasteiger partial charge in [0, 0.05) is 12.1 Å². The summed E-state index contributed by atoms with van der Waals surface area (Å²) in [5.74, 6) is 0.560. The van der Waals surface area contributed by atoms with Crippen LogP contribution in [-0.2, 0) is 0 Å². The molecule has 62 valence electrons. The molecule has 0 saturated carbocycles. The molecule has 0 saturated heterocycles. The molecule has 10 heavy (non-hydrogen) atoms. The molecule has 0 fully saturated rings. The van der Waals surface area contributed by atoms with Gasteiger partial charge in [0.25, 0.3) is 0 Å². The Hall–Kier alpha value is -0.0800. The van der Waals surface area contributed by atoms with Crippen LogP contribution in [0.25, 0.3) is 0 Å². The van der Waals surface area contributed by atoms with E-state index in [4.69, 9.17) is 11.5 Å². The fourth-order valence-electron chi connectivity index (χ4n) is 1.16. The maximum absolute atomic E-state index is 5.81. The summed E-state index contributed by atoms with van der Waals surface area (Å²) >= 11 is 0. The van der Waals surface area contributed by atoms with Gasteiger partial charge in [0.2, 0.25) is 0 Å². The zero-order valence-electron chi connectivity index (χ0n) is 7.30. The lowest BCUT2D eigenvalue weighted by atomic mass is 9.94. The Morgan fingerprint density at radius 1 is 1.20 bits per heavy atom. The van der Waals surface area contributed by atoms with Crippen molar-refractivity contribution in [2.75, 3.05) is 0 Å². The van der Waals surface area contributed by atoms with Crippen molar-refractivity contribution in [3.8, 4) is 0 Å². The normalized spacial score (nSPS) is 20.1. The lowest BCUT2D eigenvalue weighted by molar-refractivity contribution is 0.391. The monoisotopic (exact) mass is 144 g/mol. The van der Waals surface area contributed by atoms with E-state index in [0.717, 1.165) is 12.8 Å². The van der Waals surface area contributed by atoms with Crippen LogP contribution < -0.4 is 11.5 Å². The van der Waals surface area contributed by atoms with Crippen LogP contribution in [0.4, 0.5) is 0 Å². The van der Waals surface area contributed by atoms with Gasteiger partial charge in [-0.05, 0) is 25.7 Å². The highest BCUT2D eigenvalue weighted by atomic mass is 14.7. The molecule has 0 aromatic rings. The van der Waals surface area contributed by atoms with E-state index in [9.17, 15) is 0 Å². The molecule has 0 aliphatic carbocycles. The molecular weight excluding hydrogens is 124 g/mol. The molecule has 0 aliphatic heterocycles. The molecule has 0 radical (unpaired) electrons. The van der Waals surface area contributed by atoms with Crippen molar-refractivity contribution < 1.29 is 0 Å². The first-order valence-electron chi connectivity index (χ1n) is 4.09. The van der Waals surface area contributed by atoms with Crippen LogP contribution in [0.1, 0.15) is 33.6 Å². The van der Waals surface area contributed by atoms with Crippen LogP contribution in [0, 0.1) is 5.92 Å². The minimum atomic E-state index is 0.285. The molecule has 0 aliphatic rings. The van der Waals surface area contributed by atoms with E-state index in [2.05, 4.69) is 13.8 Å². The first-order valence-corrected chi connectivity index (χ1v) is 4.09. The van der Waals surface area contributed by atoms with E-state index >= 15 is 0 Å². The molecule has 3 unspecified atom stereocenters. The summed E-state index contributed by atoms with van der Waals surface area (Å²) in [7, 11) is 0. The van der Waals surface area contributed by atoms with Crippen molar-refractivity contribution in [1.29, 1.82) is 0 Å². The maximum atomic E-state index is 5.81. The van der Waals surface area contributed by atoms with Gasteiger partial charge in [0.05, 0.1) is 0 Å². The van der Waals surface area contributed by atoms with Gasteiger partial charge in [-0.1, -0.05) is 13.8 Å². The second-order valence-electron chi connectivity index (χ2n) is 3.26. The van der Waals surface area contributed by atoms with Gasteiger partial charge in [-0.15, -0.1) is 0 Å². The molecule has 4 N–H and O–H groups in total. The van der Waals surface area contributed by atoms with Crippen molar-refractivity contribution in [3.05, 3.63) is 0 Å². The SMILES string of the molecule is CCC(N)C(C)CC(C)N. The third-order valence-electron chi connectivity index (χ3n) is 1.95. The first kappa shape index (κ1) is 9.92. The van der Waals surface area contributed by atoms with Gasteiger partial charge in [-0.3, -0.25) is 0 Å². The van der Waals surface area contributed by atoms with Crippen molar-refractivity contribution in [1.82, 2.24) is 0 Å². The Bertz CT molecular complexity index is 81.3. The lowest BCUT2D eigenvalue weighted by Crippen LogP contribution is -2.31. The summed E-state index contributed by atoms with van der Waals surface area (Å²) in [5, 5.41) is 0. The van der Waals surface area contributed by atoms with Gasteiger partial charge >= 0.3 is 0 Å². The van der Waals surface area contributed by atoms with E-state index in [1.54, 1.807) is 0 Å². The molecule has 0 aromatic heterocycles. The fraction of sp³-hybridized carbons (Fsp3) is 1.00. The van der Waals surface area contributed by atoms with Crippen LogP contribution >= 0.6 is 0 Å². The summed E-state index contributed by atoms with van der Waals surface area (Å²) in [5.41, 5.74) is 11.4. The molecule has 0 aromatic carbocycles. The highest BCUT2D eigenvalue weighted by Gasteiger charge is 2.11. The van der Waals surface area contributed by atoms with Crippen LogP contribution in [0.3, 0.4) is 0 Å². The third-order valence-corrected chi connectivity index (χ3v) is 1.95. The lowest BCUT2D eigenvalue weighted by Gasteiger charge is -2.19. The quantitative estimate of drug-likeness (QED) is 0.620. The highest BCUT2D eigenvalue weighted by molar-refractivity contribution is 4.70. The summed E-state index contributed by atoms with van der Waals surface area (Å²) < 4.78 is 0. The molecule has 0 amide bonds. The predicted molar refractivity (Wildman–Crippen MR) is 45.7 cm³/mol. The minimum Gasteiger partial charge on any atom is -0.328 e. The second kappa shape index (κ2) is 4.69. The molecule has 0 heterocycles. The van der Waals surface area contributed by atoms with Crippen LogP contribution in [0.2, 0.25) is 0 Å². The highest BCUT2D eigenvalue weighted by Crippen LogP contribution is 2.10. The summed E-state index contributed by atoms with van der Waals surface area (Å²) in [6.07, 6.45) is 2.09. The van der Waals surface area contributed by atoms with E-state index in [1.165, 1.54) is 0 Å². The maximum Gasteiger partial charge on any atom is 0.00624 e. The Kier molecular flexibility index (Phi) is 4.65. The molecule has 0 rings (SSSR count). The second-order valence-corrected chi connectivity index (χ2v) is 3.26. The topological polar surface area (TPSA) is 52.0 Å². The van der Waals surface area contributed by atoms with Crippen molar-refractivity contribution >= 4 is 0 Å². The van der Waals surface area contributed by atoms with Gasteiger partial charge in [0.1, 0.15) is 0 Å². The molecule has 2 nitrogen and oxygen atoms in total. The summed E-state index contributed by atoms with van der Waals surface area (Å²) in [4.78, 5) is 0. The van der Waals surface area contributed by atoms with Crippen LogP contribution in [-0.4, -0.2) is 12.1 Å². The van der Waals surface area contributed by atoms with E-state index < -0.39 is 0 Å². The smallest absolute Gasteiger partial charge is 0.00624 e. The molecule has 3 atom stereocenters. The predicted octanol–water partition coefficient (Wildman–Crippen LogP) is 1.10. The van der Waals surface area contributed by atoms with E-state index in [-0.39, 0.29) is 6.04 Å². The summed E-state index contributed by atoms with van der Waals surface area (Å²) in [6.45, 7) is 6.30. The number of hydrogen-bond donors (Lipinski definition) is 2. The van der Waals surface area contributed by atoms with Gasteiger partial charge in [0.15, 0.2) is 0 Å². The van der Waals surface area contributed by atoms with Gasteiger partial charge in [-0.2, -0.15) is 0 Å². The average Bonchev–Trinajstić information content (AvgIpc) is 1.85. The number of hydrogen-bond acceptors (Lipinski definition) is 2. The number of rotatable bonds is 4. The van der Waals surface area contributed by atoms with Crippen molar-refractivity contribution in [2.45, 2.75) is 45.7 Å². The standard InChI is InChI=1S/C8H20N2/c1-4-8(10)6(2)5-7(3)9/h6-8H,4-5,9-10H2,1-3H3. The van der Waals surface area contributed by atoms with Gasteiger partial charge in [-0.25, -0.2) is 0 Å². The van der Waals surface area contributed by atoms with Crippen LogP contribution in [0.15, 0.2) is 0 Å². The zero-order chi connectivity index (χ0) is 8.15. The zero-order valence-corrected chi connectivity index (χ0v) is 7.30.